The number of rotatable bonds is 5. The van der Waals surface area contributed by atoms with Gasteiger partial charge in [-0.2, -0.15) is 0 Å². The number of methoxy groups -OCH3 is 1. The van der Waals surface area contributed by atoms with Crippen molar-refractivity contribution in [3.63, 3.8) is 0 Å². The van der Waals surface area contributed by atoms with Gasteiger partial charge in [-0.3, -0.25) is 9.78 Å². The number of aryl methyl sites for hydroxylation is 1. The lowest BCUT2D eigenvalue weighted by atomic mass is 10.0. The zero-order chi connectivity index (χ0) is 19.4. The third kappa shape index (κ3) is 3.74. The lowest BCUT2D eigenvalue weighted by Gasteiger charge is -2.19. The number of hydrogen-bond donors (Lipinski definition) is 2. The van der Waals surface area contributed by atoms with Crippen LogP contribution in [0, 0.1) is 13.8 Å². The topological polar surface area (TPSA) is 84.1 Å². The Morgan fingerprint density at radius 2 is 1.78 bits per heavy atom. The maximum absolute atomic E-state index is 13.0. The van der Waals surface area contributed by atoms with Gasteiger partial charge in [0, 0.05) is 11.9 Å². The zero-order valence-electron chi connectivity index (χ0n) is 15.4. The van der Waals surface area contributed by atoms with Gasteiger partial charge in [0.25, 0.3) is 5.91 Å². The van der Waals surface area contributed by atoms with E-state index in [1.165, 1.54) is 7.11 Å². The molecule has 3 rings (SSSR count). The maximum Gasteiger partial charge on any atom is 0.339 e. The van der Waals surface area contributed by atoms with Crippen LogP contribution in [-0.4, -0.2) is 29.0 Å². The Morgan fingerprint density at radius 3 is 2.41 bits per heavy atom. The predicted octanol–water partition coefficient (Wildman–Crippen LogP) is 3.33. The number of H-pyrrole nitrogens is 1. The third-order valence-electron chi connectivity index (χ3n) is 4.45. The fraction of sp³-hybridized carbons (Fsp3) is 0.190. The van der Waals surface area contributed by atoms with E-state index >= 15 is 0 Å². The molecule has 27 heavy (non-hydrogen) atoms. The Morgan fingerprint density at radius 1 is 1.07 bits per heavy atom. The summed E-state index contributed by atoms with van der Waals surface area (Å²) in [6, 6.07) is 14.8. The number of nitrogens with one attached hydrogen (secondary N) is 2. The van der Waals surface area contributed by atoms with Crippen molar-refractivity contribution in [1.82, 2.24) is 15.3 Å². The number of carbonyl (C=O) groups is 2. The molecule has 6 nitrogen and oxygen atoms in total. The molecule has 138 valence electrons. The van der Waals surface area contributed by atoms with Crippen molar-refractivity contribution >= 4 is 11.9 Å². The molecule has 3 aromatic rings. The maximum atomic E-state index is 13.0. The van der Waals surface area contributed by atoms with E-state index in [0.717, 1.165) is 11.3 Å². The number of carbonyl (C=O) groups excluding carboxylic acids is 2. The number of benzene rings is 1. The summed E-state index contributed by atoms with van der Waals surface area (Å²) in [4.78, 5) is 32.3. The van der Waals surface area contributed by atoms with Crippen molar-refractivity contribution in [3.05, 3.63) is 88.5 Å². The summed E-state index contributed by atoms with van der Waals surface area (Å²) < 4.78 is 4.81. The predicted molar refractivity (Wildman–Crippen MR) is 102 cm³/mol. The van der Waals surface area contributed by atoms with E-state index in [-0.39, 0.29) is 5.91 Å². The van der Waals surface area contributed by atoms with Crippen LogP contribution < -0.4 is 5.32 Å². The van der Waals surface area contributed by atoms with Gasteiger partial charge in [-0.05, 0) is 37.1 Å². The molecular formula is C21H21N3O3. The smallest absolute Gasteiger partial charge is 0.339 e. The molecule has 6 heteroatoms. The first-order valence-corrected chi connectivity index (χ1v) is 8.57. The summed E-state index contributed by atoms with van der Waals surface area (Å²) in [7, 11) is 1.32. The van der Waals surface area contributed by atoms with E-state index in [1.807, 2.05) is 48.5 Å². The van der Waals surface area contributed by atoms with Crippen molar-refractivity contribution in [3.8, 4) is 0 Å². The Hall–Kier alpha value is -3.41. The number of aromatic nitrogens is 2. The number of esters is 1. The first-order chi connectivity index (χ1) is 13.0. The molecule has 2 N–H and O–H groups in total. The zero-order valence-corrected chi connectivity index (χ0v) is 15.4. The molecule has 0 fully saturated rings. The second-order valence-electron chi connectivity index (χ2n) is 6.19. The van der Waals surface area contributed by atoms with Gasteiger partial charge in [-0.1, -0.05) is 36.4 Å². The number of hydrogen-bond acceptors (Lipinski definition) is 4. The molecule has 0 aliphatic heterocycles. The fourth-order valence-corrected chi connectivity index (χ4v) is 3.11. The van der Waals surface area contributed by atoms with Gasteiger partial charge < -0.3 is 15.0 Å². The number of aromatic amines is 1. The Balaban J connectivity index is 1.96. The standard InChI is InChI=1S/C21H21N3O3/c1-13-17(21(26)27-3)14(2)23-18(13)20(25)24-19(15-9-5-4-6-10-15)16-11-7-8-12-22-16/h4-12,19,23H,1-3H3,(H,24,25). The van der Waals surface area contributed by atoms with Crippen LogP contribution in [-0.2, 0) is 4.74 Å². The van der Waals surface area contributed by atoms with Crippen LogP contribution in [0.4, 0.5) is 0 Å². The lowest BCUT2D eigenvalue weighted by molar-refractivity contribution is 0.0599. The molecule has 0 saturated heterocycles. The molecule has 1 aromatic carbocycles. The highest BCUT2D eigenvalue weighted by Crippen LogP contribution is 2.23. The minimum atomic E-state index is -0.468. The van der Waals surface area contributed by atoms with Crippen LogP contribution in [0.1, 0.15) is 49.4 Å². The van der Waals surface area contributed by atoms with Gasteiger partial charge in [0.1, 0.15) is 5.69 Å². The van der Waals surface area contributed by atoms with Crippen molar-refractivity contribution in [1.29, 1.82) is 0 Å². The summed E-state index contributed by atoms with van der Waals surface area (Å²) in [5, 5.41) is 3.02. The molecule has 0 radical (unpaired) electrons. The molecule has 1 amide bonds. The van der Waals surface area contributed by atoms with Gasteiger partial charge in [0.15, 0.2) is 0 Å². The van der Waals surface area contributed by atoms with E-state index in [2.05, 4.69) is 15.3 Å². The molecule has 2 heterocycles. The molecule has 0 spiro atoms. The number of amides is 1. The van der Waals surface area contributed by atoms with Gasteiger partial charge in [0.05, 0.1) is 24.4 Å². The molecule has 0 aliphatic rings. The second-order valence-corrected chi connectivity index (χ2v) is 6.19. The van der Waals surface area contributed by atoms with Gasteiger partial charge in [-0.15, -0.1) is 0 Å². The van der Waals surface area contributed by atoms with Crippen LogP contribution in [0.25, 0.3) is 0 Å². The first-order valence-electron chi connectivity index (χ1n) is 8.57. The third-order valence-corrected chi connectivity index (χ3v) is 4.45. The van der Waals surface area contributed by atoms with Crippen LogP contribution in [0.2, 0.25) is 0 Å². The molecule has 0 bridgehead atoms. The van der Waals surface area contributed by atoms with Crippen molar-refractivity contribution in [2.24, 2.45) is 0 Å². The lowest BCUT2D eigenvalue weighted by Crippen LogP contribution is -2.30. The van der Waals surface area contributed by atoms with Crippen LogP contribution in [0.15, 0.2) is 54.7 Å². The average Bonchev–Trinajstić information content (AvgIpc) is 3.01. The van der Waals surface area contributed by atoms with Gasteiger partial charge in [-0.25, -0.2) is 4.79 Å². The molecular weight excluding hydrogens is 342 g/mol. The van der Waals surface area contributed by atoms with Crippen molar-refractivity contribution < 1.29 is 14.3 Å². The molecule has 0 aliphatic carbocycles. The van der Waals surface area contributed by atoms with Crippen LogP contribution in [0.5, 0.6) is 0 Å². The van der Waals surface area contributed by atoms with E-state index < -0.39 is 12.0 Å². The number of pyridine rings is 1. The van der Waals surface area contributed by atoms with Crippen molar-refractivity contribution in [2.75, 3.05) is 7.11 Å². The Labute approximate surface area is 157 Å². The highest BCUT2D eigenvalue weighted by atomic mass is 16.5. The minimum absolute atomic E-state index is 0.315. The average molecular weight is 363 g/mol. The first kappa shape index (κ1) is 18.4. The van der Waals surface area contributed by atoms with E-state index in [4.69, 9.17) is 4.74 Å². The molecule has 2 aromatic heterocycles. The van der Waals surface area contributed by atoms with Gasteiger partial charge in [0.2, 0.25) is 0 Å². The largest absolute Gasteiger partial charge is 0.465 e. The Kier molecular flexibility index (Phi) is 5.35. The SMILES string of the molecule is COC(=O)c1c(C)[nH]c(C(=O)NC(c2ccccc2)c2ccccn2)c1C. The summed E-state index contributed by atoms with van der Waals surface area (Å²) in [6.07, 6.45) is 1.69. The molecule has 1 atom stereocenters. The van der Waals surface area contributed by atoms with Crippen molar-refractivity contribution in [2.45, 2.75) is 19.9 Å². The monoisotopic (exact) mass is 363 g/mol. The Bertz CT molecular complexity index is 910. The summed E-state index contributed by atoms with van der Waals surface area (Å²) in [5.41, 5.74) is 3.52. The minimum Gasteiger partial charge on any atom is -0.465 e. The quantitative estimate of drug-likeness (QED) is 0.681. The second kappa shape index (κ2) is 7.86. The summed E-state index contributed by atoms with van der Waals surface area (Å²) in [6.45, 7) is 3.46. The van der Waals surface area contributed by atoms with Crippen LogP contribution >= 0.6 is 0 Å². The van der Waals surface area contributed by atoms with Crippen LogP contribution in [0.3, 0.4) is 0 Å². The van der Waals surface area contributed by atoms with E-state index in [1.54, 1.807) is 20.0 Å². The highest BCUT2D eigenvalue weighted by molar-refractivity contribution is 6.00. The summed E-state index contributed by atoms with van der Waals surface area (Å²) >= 11 is 0. The summed E-state index contributed by atoms with van der Waals surface area (Å²) in [5.74, 6) is -0.783. The number of ether oxygens (including phenoxy) is 1. The normalized spacial score (nSPS) is 11.7. The highest BCUT2D eigenvalue weighted by Gasteiger charge is 2.25. The van der Waals surface area contributed by atoms with E-state index in [0.29, 0.717) is 22.5 Å². The van der Waals surface area contributed by atoms with Gasteiger partial charge >= 0.3 is 5.97 Å². The molecule has 1 unspecified atom stereocenters. The van der Waals surface area contributed by atoms with E-state index in [9.17, 15) is 9.59 Å². The number of nitrogens with zero attached hydrogens (tertiary/aromatic N) is 1. The fourth-order valence-electron chi connectivity index (χ4n) is 3.11. The molecule has 0 saturated carbocycles.